The Bertz CT molecular complexity index is 800. The highest BCUT2D eigenvalue weighted by molar-refractivity contribution is 5.95. The topological polar surface area (TPSA) is 46.9 Å². The highest BCUT2D eigenvalue weighted by Gasteiger charge is 2.46. The van der Waals surface area contributed by atoms with Gasteiger partial charge in [-0.25, -0.2) is 0 Å². The van der Waals surface area contributed by atoms with Gasteiger partial charge in [0.05, 0.1) is 17.3 Å². The van der Waals surface area contributed by atoms with Gasteiger partial charge in [0, 0.05) is 12.0 Å². The van der Waals surface area contributed by atoms with Crippen molar-refractivity contribution in [1.29, 1.82) is 0 Å². The van der Waals surface area contributed by atoms with Gasteiger partial charge in [-0.15, -0.1) is 0 Å². The first kappa shape index (κ1) is 18.5. The fourth-order valence-electron chi connectivity index (χ4n) is 3.15. The number of benzene rings is 1. The Morgan fingerprint density at radius 1 is 1.19 bits per heavy atom. The molecule has 1 saturated carbocycles. The molecule has 7 heteroatoms. The normalized spacial score (nSPS) is 16.4. The van der Waals surface area contributed by atoms with Crippen LogP contribution in [0.5, 0.6) is 0 Å². The smallest absolute Gasteiger partial charge is 0.351 e. The van der Waals surface area contributed by atoms with Crippen LogP contribution in [-0.4, -0.2) is 22.2 Å². The van der Waals surface area contributed by atoms with Gasteiger partial charge in [0.15, 0.2) is 5.69 Å². The number of aromatic nitrogens is 2. The maximum Gasteiger partial charge on any atom is 0.433 e. The number of hydrogen-bond donors (Lipinski definition) is 1. The molecular weight excluding hydrogens is 343 g/mol. The standard InChI is InChI=1S/C19H22F3N3O/c1-17(2,3)25-15(19(20,21)22)14(11-24-25)16(26)23-12-18(9-10-18)13-7-5-4-6-8-13/h4-8,11H,9-10,12H2,1-3H3,(H,23,26). The second-order valence-electron chi connectivity index (χ2n) is 7.82. The predicted molar refractivity (Wildman–Crippen MR) is 91.9 cm³/mol. The third-order valence-electron chi connectivity index (χ3n) is 4.74. The summed E-state index contributed by atoms with van der Waals surface area (Å²) in [5.41, 5.74) is -1.40. The maximum atomic E-state index is 13.5. The van der Waals surface area contributed by atoms with Gasteiger partial charge in [0.25, 0.3) is 5.91 Å². The highest BCUT2D eigenvalue weighted by atomic mass is 19.4. The van der Waals surface area contributed by atoms with Crippen LogP contribution in [0.3, 0.4) is 0 Å². The lowest BCUT2D eigenvalue weighted by atomic mass is 9.96. The number of nitrogens with one attached hydrogen (secondary N) is 1. The van der Waals surface area contributed by atoms with Crippen LogP contribution >= 0.6 is 0 Å². The average molecular weight is 365 g/mol. The molecule has 0 atom stereocenters. The molecule has 1 fully saturated rings. The fourth-order valence-corrected chi connectivity index (χ4v) is 3.15. The molecule has 26 heavy (non-hydrogen) atoms. The fraction of sp³-hybridized carbons (Fsp3) is 0.474. The summed E-state index contributed by atoms with van der Waals surface area (Å²) in [5, 5.41) is 6.51. The number of hydrogen-bond acceptors (Lipinski definition) is 2. The zero-order chi connectivity index (χ0) is 19.2. The Balaban J connectivity index is 1.82. The van der Waals surface area contributed by atoms with Crippen molar-refractivity contribution in [3.8, 4) is 0 Å². The quantitative estimate of drug-likeness (QED) is 0.886. The van der Waals surface area contributed by atoms with Crippen molar-refractivity contribution in [3.63, 3.8) is 0 Å². The molecule has 4 nitrogen and oxygen atoms in total. The first-order valence-electron chi connectivity index (χ1n) is 8.54. The molecule has 0 saturated heterocycles. The van der Waals surface area contributed by atoms with Gasteiger partial charge in [-0.2, -0.15) is 18.3 Å². The molecule has 1 aliphatic carbocycles. The summed E-state index contributed by atoms with van der Waals surface area (Å²) in [4.78, 5) is 12.5. The van der Waals surface area contributed by atoms with Crippen molar-refractivity contribution in [3.05, 3.63) is 53.3 Å². The number of alkyl halides is 3. The lowest BCUT2D eigenvalue weighted by Crippen LogP contribution is -2.34. The summed E-state index contributed by atoms with van der Waals surface area (Å²) in [5.74, 6) is -0.741. The average Bonchev–Trinajstić information content (AvgIpc) is 3.19. The van der Waals surface area contributed by atoms with Crippen molar-refractivity contribution in [2.45, 2.75) is 50.7 Å². The molecule has 0 spiro atoms. The van der Waals surface area contributed by atoms with Crippen LogP contribution in [0, 0.1) is 0 Å². The van der Waals surface area contributed by atoms with E-state index in [4.69, 9.17) is 0 Å². The predicted octanol–water partition coefficient (Wildman–Crippen LogP) is 4.12. The molecule has 1 heterocycles. The van der Waals surface area contributed by atoms with E-state index in [-0.39, 0.29) is 5.41 Å². The van der Waals surface area contributed by atoms with E-state index in [2.05, 4.69) is 10.4 Å². The van der Waals surface area contributed by atoms with Crippen molar-refractivity contribution >= 4 is 5.91 Å². The van der Waals surface area contributed by atoms with E-state index in [9.17, 15) is 18.0 Å². The largest absolute Gasteiger partial charge is 0.433 e. The third kappa shape index (κ3) is 3.48. The summed E-state index contributed by atoms with van der Waals surface area (Å²) < 4.78 is 41.5. The summed E-state index contributed by atoms with van der Waals surface area (Å²) in [6.07, 6.45) is -1.84. The van der Waals surface area contributed by atoms with Crippen LogP contribution < -0.4 is 5.32 Å². The molecule has 2 aromatic rings. The van der Waals surface area contributed by atoms with Crippen molar-refractivity contribution in [2.75, 3.05) is 6.54 Å². The Kier molecular flexibility index (Phi) is 4.37. The molecule has 0 aliphatic heterocycles. The molecule has 140 valence electrons. The Morgan fingerprint density at radius 2 is 1.81 bits per heavy atom. The SMILES string of the molecule is CC(C)(C)n1ncc(C(=O)NCC2(c3ccccc3)CC2)c1C(F)(F)F. The Hall–Kier alpha value is -2.31. The first-order valence-corrected chi connectivity index (χ1v) is 8.54. The third-order valence-corrected chi connectivity index (χ3v) is 4.74. The van der Waals surface area contributed by atoms with Gasteiger partial charge in [0.1, 0.15) is 0 Å². The molecule has 1 amide bonds. The Labute approximate surface area is 150 Å². The van der Waals surface area contributed by atoms with E-state index >= 15 is 0 Å². The van der Waals surface area contributed by atoms with E-state index in [0.29, 0.717) is 6.54 Å². The molecule has 0 unspecified atom stereocenters. The minimum absolute atomic E-state index is 0.171. The number of halogens is 3. The van der Waals surface area contributed by atoms with E-state index in [1.54, 1.807) is 20.8 Å². The molecule has 1 N–H and O–H groups in total. The van der Waals surface area contributed by atoms with Gasteiger partial charge >= 0.3 is 6.18 Å². The van der Waals surface area contributed by atoms with E-state index in [1.807, 2.05) is 30.3 Å². The van der Waals surface area contributed by atoms with Crippen LogP contribution in [0.1, 0.15) is 55.2 Å². The van der Waals surface area contributed by atoms with Crippen molar-refractivity contribution in [2.24, 2.45) is 0 Å². The van der Waals surface area contributed by atoms with Crippen LogP contribution in [0.2, 0.25) is 0 Å². The molecule has 1 aromatic carbocycles. The zero-order valence-corrected chi connectivity index (χ0v) is 15.0. The number of nitrogens with zero attached hydrogens (tertiary/aromatic N) is 2. The summed E-state index contributed by atoms with van der Waals surface area (Å²) >= 11 is 0. The number of rotatable bonds is 4. The molecule has 1 aliphatic rings. The Morgan fingerprint density at radius 3 is 2.31 bits per heavy atom. The second kappa shape index (κ2) is 6.14. The molecule has 0 radical (unpaired) electrons. The molecule has 1 aromatic heterocycles. The molecule has 0 bridgehead atoms. The van der Waals surface area contributed by atoms with Gasteiger partial charge in [-0.3, -0.25) is 9.48 Å². The first-order chi connectivity index (χ1) is 12.0. The van der Waals surface area contributed by atoms with E-state index in [1.165, 1.54) is 0 Å². The number of amides is 1. The van der Waals surface area contributed by atoms with Crippen molar-refractivity contribution < 1.29 is 18.0 Å². The van der Waals surface area contributed by atoms with Gasteiger partial charge in [0.2, 0.25) is 0 Å². The zero-order valence-electron chi connectivity index (χ0n) is 15.0. The maximum absolute atomic E-state index is 13.5. The lowest BCUT2D eigenvalue weighted by molar-refractivity contribution is -0.146. The number of carbonyl (C=O) groups is 1. The second-order valence-corrected chi connectivity index (χ2v) is 7.82. The highest BCUT2D eigenvalue weighted by Crippen LogP contribution is 2.47. The summed E-state index contributed by atoms with van der Waals surface area (Å²) in [6, 6.07) is 9.73. The van der Waals surface area contributed by atoms with E-state index < -0.39 is 28.9 Å². The molecular formula is C19H22F3N3O. The minimum atomic E-state index is -4.66. The van der Waals surface area contributed by atoms with Gasteiger partial charge in [-0.1, -0.05) is 30.3 Å². The van der Waals surface area contributed by atoms with Crippen LogP contribution in [0.4, 0.5) is 13.2 Å². The van der Waals surface area contributed by atoms with E-state index in [0.717, 1.165) is 29.3 Å². The minimum Gasteiger partial charge on any atom is -0.351 e. The van der Waals surface area contributed by atoms with Crippen LogP contribution in [-0.2, 0) is 17.1 Å². The van der Waals surface area contributed by atoms with Crippen molar-refractivity contribution in [1.82, 2.24) is 15.1 Å². The van der Waals surface area contributed by atoms with Crippen LogP contribution in [0.25, 0.3) is 0 Å². The summed E-state index contributed by atoms with van der Waals surface area (Å²) in [6.45, 7) is 5.16. The lowest BCUT2D eigenvalue weighted by Gasteiger charge is -2.24. The van der Waals surface area contributed by atoms with Gasteiger partial charge in [-0.05, 0) is 39.2 Å². The number of carbonyl (C=O) groups excluding carboxylic acids is 1. The monoisotopic (exact) mass is 365 g/mol. The summed E-state index contributed by atoms with van der Waals surface area (Å²) in [7, 11) is 0. The van der Waals surface area contributed by atoms with Crippen LogP contribution in [0.15, 0.2) is 36.5 Å². The van der Waals surface area contributed by atoms with Gasteiger partial charge < -0.3 is 5.32 Å². The molecule has 3 rings (SSSR count).